The molecule has 5 nitrogen and oxygen atoms in total. The average molecular weight is 397 g/mol. The third kappa shape index (κ3) is 4.95. The standard InChI is InChI=1S/C22H24N2O3S/c1-15(25)16-7-8-21(27-2)18(11-16)13-28-14-22(26)23-10-9-17-12-24-20-6-4-3-5-19(17)20/h3-8,11-12,24H,9-10,13-14H2,1-2H3,(H,23,26). The fourth-order valence-corrected chi connectivity index (χ4v) is 3.93. The Kier molecular flexibility index (Phi) is 6.76. The zero-order chi connectivity index (χ0) is 19.9. The second kappa shape index (κ2) is 9.46. The van der Waals surface area contributed by atoms with Crippen LogP contribution in [0.15, 0.2) is 48.7 Å². The van der Waals surface area contributed by atoms with E-state index in [1.54, 1.807) is 26.2 Å². The van der Waals surface area contributed by atoms with Gasteiger partial charge in [0.2, 0.25) is 5.91 Å². The van der Waals surface area contributed by atoms with Gasteiger partial charge in [-0.3, -0.25) is 9.59 Å². The van der Waals surface area contributed by atoms with Crippen molar-refractivity contribution in [2.75, 3.05) is 19.4 Å². The molecule has 6 heteroatoms. The van der Waals surface area contributed by atoms with Crippen molar-refractivity contribution >= 4 is 34.4 Å². The van der Waals surface area contributed by atoms with Crippen molar-refractivity contribution in [3.63, 3.8) is 0 Å². The molecule has 0 fully saturated rings. The van der Waals surface area contributed by atoms with E-state index in [-0.39, 0.29) is 11.7 Å². The molecule has 1 amide bonds. The van der Waals surface area contributed by atoms with Gasteiger partial charge in [-0.25, -0.2) is 0 Å². The Bertz CT molecular complexity index is 981. The fraction of sp³-hybridized carbons (Fsp3) is 0.273. The zero-order valence-corrected chi connectivity index (χ0v) is 16.9. The maximum Gasteiger partial charge on any atom is 0.230 e. The van der Waals surface area contributed by atoms with E-state index < -0.39 is 0 Å². The third-order valence-electron chi connectivity index (χ3n) is 4.57. The van der Waals surface area contributed by atoms with Gasteiger partial charge in [-0.05, 0) is 43.2 Å². The minimum Gasteiger partial charge on any atom is -0.496 e. The second-order valence-corrected chi connectivity index (χ2v) is 7.52. The molecular formula is C22H24N2O3S. The third-order valence-corrected chi connectivity index (χ3v) is 5.55. The molecule has 0 spiro atoms. The number of ether oxygens (including phenoxy) is 1. The van der Waals surface area contributed by atoms with Crippen LogP contribution in [0, 0.1) is 0 Å². The summed E-state index contributed by atoms with van der Waals surface area (Å²) in [5.41, 5.74) is 3.89. The van der Waals surface area contributed by atoms with E-state index in [1.165, 1.54) is 22.7 Å². The number of hydrogen-bond donors (Lipinski definition) is 2. The summed E-state index contributed by atoms with van der Waals surface area (Å²) < 4.78 is 5.35. The van der Waals surface area contributed by atoms with Crippen LogP contribution in [0.4, 0.5) is 0 Å². The number of rotatable bonds is 9. The molecule has 0 radical (unpaired) electrons. The Hall–Kier alpha value is -2.73. The topological polar surface area (TPSA) is 71.2 Å². The molecule has 146 valence electrons. The van der Waals surface area contributed by atoms with Gasteiger partial charge in [-0.1, -0.05) is 18.2 Å². The molecule has 2 N–H and O–H groups in total. The van der Waals surface area contributed by atoms with Crippen molar-refractivity contribution in [3.05, 3.63) is 65.4 Å². The number of H-pyrrole nitrogens is 1. The van der Waals surface area contributed by atoms with Crippen LogP contribution in [0.2, 0.25) is 0 Å². The van der Waals surface area contributed by atoms with Crippen LogP contribution in [-0.4, -0.2) is 36.1 Å². The molecule has 0 saturated heterocycles. The number of fused-ring (bicyclic) bond motifs is 1. The molecule has 3 aromatic rings. The SMILES string of the molecule is COc1ccc(C(C)=O)cc1CSCC(=O)NCCc1c[nH]c2ccccc12. The van der Waals surface area contributed by atoms with Gasteiger partial charge >= 0.3 is 0 Å². The molecule has 0 aliphatic rings. The first-order valence-electron chi connectivity index (χ1n) is 9.15. The molecule has 0 bridgehead atoms. The van der Waals surface area contributed by atoms with Crippen molar-refractivity contribution < 1.29 is 14.3 Å². The molecule has 0 aliphatic heterocycles. The molecular weight excluding hydrogens is 372 g/mol. The summed E-state index contributed by atoms with van der Waals surface area (Å²) in [4.78, 5) is 26.9. The van der Waals surface area contributed by atoms with Crippen LogP contribution in [0.25, 0.3) is 10.9 Å². The maximum absolute atomic E-state index is 12.1. The molecule has 0 atom stereocenters. The summed E-state index contributed by atoms with van der Waals surface area (Å²) in [5.74, 6) is 1.73. The Morgan fingerprint density at radius 2 is 1.96 bits per heavy atom. The van der Waals surface area contributed by atoms with E-state index >= 15 is 0 Å². The number of thioether (sulfide) groups is 1. The van der Waals surface area contributed by atoms with Crippen LogP contribution in [-0.2, 0) is 17.0 Å². The van der Waals surface area contributed by atoms with Crippen molar-refractivity contribution in [2.24, 2.45) is 0 Å². The van der Waals surface area contributed by atoms with Crippen LogP contribution in [0.3, 0.4) is 0 Å². The summed E-state index contributed by atoms with van der Waals surface area (Å²) >= 11 is 1.51. The molecule has 0 saturated carbocycles. The van der Waals surface area contributed by atoms with Gasteiger partial charge in [0.05, 0.1) is 12.9 Å². The minimum absolute atomic E-state index is 0.00605. The van der Waals surface area contributed by atoms with E-state index in [2.05, 4.69) is 16.4 Å². The van der Waals surface area contributed by atoms with Gasteiger partial charge < -0.3 is 15.0 Å². The van der Waals surface area contributed by atoms with Crippen molar-refractivity contribution in [1.82, 2.24) is 10.3 Å². The molecule has 1 heterocycles. The van der Waals surface area contributed by atoms with E-state index in [4.69, 9.17) is 4.74 Å². The molecule has 28 heavy (non-hydrogen) atoms. The van der Waals surface area contributed by atoms with Crippen molar-refractivity contribution in [1.29, 1.82) is 0 Å². The first kappa shape index (κ1) is 20.0. The zero-order valence-electron chi connectivity index (χ0n) is 16.1. The van der Waals surface area contributed by atoms with E-state index in [0.29, 0.717) is 23.6 Å². The van der Waals surface area contributed by atoms with Gasteiger partial charge in [0.25, 0.3) is 0 Å². The highest BCUT2D eigenvalue weighted by molar-refractivity contribution is 7.99. The number of para-hydroxylation sites is 1. The van der Waals surface area contributed by atoms with Gasteiger partial charge in [-0.2, -0.15) is 0 Å². The fourth-order valence-electron chi connectivity index (χ4n) is 3.09. The summed E-state index contributed by atoms with van der Waals surface area (Å²) in [7, 11) is 1.61. The summed E-state index contributed by atoms with van der Waals surface area (Å²) in [6.07, 6.45) is 2.79. The van der Waals surface area contributed by atoms with E-state index in [9.17, 15) is 9.59 Å². The maximum atomic E-state index is 12.1. The predicted octanol–water partition coefficient (Wildman–Crippen LogP) is 3.97. The van der Waals surface area contributed by atoms with Gasteiger partial charge in [0.1, 0.15) is 5.75 Å². The first-order chi connectivity index (χ1) is 13.6. The normalized spacial score (nSPS) is 10.8. The lowest BCUT2D eigenvalue weighted by atomic mass is 10.1. The highest BCUT2D eigenvalue weighted by Gasteiger charge is 2.09. The smallest absolute Gasteiger partial charge is 0.230 e. The number of carbonyl (C=O) groups excluding carboxylic acids is 2. The number of Topliss-reactive ketones (excluding diaryl/α,β-unsaturated/α-hetero) is 1. The number of aromatic nitrogens is 1. The summed E-state index contributed by atoms with van der Waals surface area (Å²) in [5, 5.41) is 4.17. The largest absolute Gasteiger partial charge is 0.496 e. The highest BCUT2D eigenvalue weighted by atomic mass is 32.2. The number of ketones is 1. The molecule has 3 rings (SSSR count). The summed E-state index contributed by atoms with van der Waals surface area (Å²) in [6.45, 7) is 2.14. The number of hydrogen-bond acceptors (Lipinski definition) is 4. The monoisotopic (exact) mass is 396 g/mol. The van der Waals surface area contributed by atoms with Crippen LogP contribution >= 0.6 is 11.8 Å². The van der Waals surface area contributed by atoms with Crippen LogP contribution in [0.1, 0.15) is 28.4 Å². The van der Waals surface area contributed by atoms with E-state index in [0.717, 1.165) is 23.3 Å². The molecule has 1 aromatic heterocycles. The average Bonchev–Trinajstić information content (AvgIpc) is 3.11. The Morgan fingerprint density at radius 1 is 1.14 bits per heavy atom. The van der Waals surface area contributed by atoms with Gasteiger partial charge in [0, 0.05) is 40.5 Å². The van der Waals surface area contributed by atoms with Gasteiger partial charge in [0.15, 0.2) is 5.78 Å². The van der Waals surface area contributed by atoms with Gasteiger partial charge in [-0.15, -0.1) is 11.8 Å². The number of nitrogens with one attached hydrogen (secondary N) is 2. The first-order valence-corrected chi connectivity index (χ1v) is 10.3. The lowest BCUT2D eigenvalue weighted by molar-refractivity contribution is -0.118. The number of carbonyl (C=O) groups is 2. The van der Waals surface area contributed by atoms with Crippen molar-refractivity contribution in [2.45, 2.75) is 19.1 Å². The quantitative estimate of drug-likeness (QED) is 0.537. The lowest BCUT2D eigenvalue weighted by Crippen LogP contribution is -2.27. The minimum atomic E-state index is 0.00605. The molecule has 2 aromatic carbocycles. The van der Waals surface area contributed by atoms with Crippen LogP contribution in [0.5, 0.6) is 5.75 Å². The Morgan fingerprint density at radius 3 is 2.75 bits per heavy atom. The molecule has 0 aliphatic carbocycles. The lowest BCUT2D eigenvalue weighted by Gasteiger charge is -2.10. The van der Waals surface area contributed by atoms with E-state index in [1.807, 2.05) is 30.5 Å². The van der Waals surface area contributed by atoms with Crippen LogP contribution < -0.4 is 10.1 Å². The number of amides is 1. The Labute approximate surface area is 168 Å². The number of aromatic amines is 1. The number of methoxy groups -OCH3 is 1. The molecule has 0 unspecified atom stereocenters. The predicted molar refractivity (Wildman–Crippen MR) is 114 cm³/mol. The second-order valence-electron chi connectivity index (χ2n) is 6.54. The highest BCUT2D eigenvalue weighted by Crippen LogP contribution is 2.25. The number of benzene rings is 2. The summed E-state index contributed by atoms with van der Waals surface area (Å²) in [6, 6.07) is 13.5. The Balaban J connectivity index is 1.46. The van der Waals surface area contributed by atoms with Crippen molar-refractivity contribution in [3.8, 4) is 5.75 Å².